The van der Waals surface area contributed by atoms with Gasteiger partial charge in [0, 0.05) is 5.56 Å². The van der Waals surface area contributed by atoms with Crippen molar-refractivity contribution >= 4 is 27.2 Å². The Bertz CT molecular complexity index is 1410. The minimum atomic E-state index is -0.162. The van der Waals surface area contributed by atoms with Crippen LogP contribution in [0.15, 0.2) is 72.8 Å². The molecule has 0 aliphatic carbocycles. The summed E-state index contributed by atoms with van der Waals surface area (Å²) in [6.07, 6.45) is 1.85. The average Bonchev–Trinajstić information content (AvgIpc) is 3.41. The van der Waals surface area contributed by atoms with Crippen LogP contribution in [0.2, 0.25) is 0 Å². The molecule has 1 atom stereocenters. The number of nitriles is 1. The van der Waals surface area contributed by atoms with Gasteiger partial charge < -0.3 is 0 Å². The van der Waals surface area contributed by atoms with Gasteiger partial charge in [0.25, 0.3) is 0 Å². The zero-order valence-electron chi connectivity index (χ0n) is 15.2. The van der Waals surface area contributed by atoms with E-state index >= 15 is 0 Å². The fourth-order valence-corrected chi connectivity index (χ4v) is 4.08. The number of thiazole rings is 1. The van der Waals surface area contributed by atoms with Crippen molar-refractivity contribution in [1.29, 1.82) is 5.26 Å². The topological polar surface area (TPSA) is 79.8 Å². The maximum atomic E-state index is 9.17. The zero-order valence-corrected chi connectivity index (χ0v) is 16.0. The van der Waals surface area contributed by atoms with Crippen molar-refractivity contribution in [3.05, 3.63) is 89.7 Å². The maximum Gasteiger partial charge on any atom is 0.177 e. The Morgan fingerprint density at radius 3 is 2.90 bits per heavy atom. The van der Waals surface area contributed by atoms with Crippen molar-refractivity contribution in [1.82, 2.24) is 24.8 Å². The van der Waals surface area contributed by atoms with E-state index < -0.39 is 0 Å². The summed E-state index contributed by atoms with van der Waals surface area (Å²) < 4.78 is 2.86. The van der Waals surface area contributed by atoms with E-state index in [-0.39, 0.29) is 5.92 Å². The molecule has 0 radical (unpaired) electrons. The first-order valence-electron chi connectivity index (χ1n) is 8.95. The Kier molecular flexibility index (Phi) is 4.12. The number of hydrogen-bond donors (Lipinski definition) is 0. The van der Waals surface area contributed by atoms with Gasteiger partial charge in [0.05, 0.1) is 39.0 Å². The molecule has 138 valence electrons. The molecular weight excluding hydrogens is 380 g/mol. The third-order valence-corrected chi connectivity index (χ3v) is 5.59. The summed E-state index contributed by atoms with van der Waals surface area (Å²) in [4.78, 5) is 4.34. The van der Waals surface area contributed by atoms with E-state index in [9.17, 15) is 5.26 Å². The van der Waals surface area contributed by atoms with Crippen LogP contribution in [0.4, 0.5) is 0 Å². The van der Waals surface area contributed by atoms with Crippen LogP contribution in [0.3, 0.4) is 0 Å². The molecule has 0 unspecified atom stereocenters. The fourth-order valence-electron chi connectivity index (χ4n) is 3.36. The minimum Gasteiger partial charge on any atom is -0.245 e. The highest BCUT2D eigenvalue weighted by molar-refractivity contribution is 7.16. The van der Waals surface area contributed by atoms with Gasteiger partial charge in [-0.2, -0.15) is 14.9 Å². The van der Waals surface area contributed by atoms with Crippen LogP contribution in [0.1, 0.15) is 22.9 Å². The number of nitrogens with zero attached hydrogens (tertiary/aromatic N) is 6. The molecule has 0 N–H and O–H groups in total. The highest BCUT2D eigenvalue weighted by atomic mass is 32.1. The molecule has 5 rings (SSSR count). The van der Waals surface area contributed by atoms with Crippen molar-refractivity contribution in [3.63, 3.8) is 0 Å². The molecule has 0 spiro atoms. The van der Waals surface area contributed by atoms with E-state index in [1.165, 1.54) is 0 Å². The fraction of sp³-hybridized carbons (Fsp3) is 0.0455. The molecule has 0 aliphatic heterocycles. The standard InChI is InChI=1S/C22H14N6S/c1-2-17(15-6-7-19-20(11-15)29-13-24-19)22-26-25-21-9-8-18(27-28(21)22)16-5-3-4-14(10-16)12-23/h2-11,13,17H,1H2/t17-/m0/s1. The van der Waals surface area contributed by atoms with Gasteiger partial charge >= 0.3 is 0 Å². The molecule has 0 saturated heterocycles. The Morgan fingerprint density at radius 1 is 1.10 bits per heavy atom. The molecule has 0 aliphatic rings. The lowest BCUT2D eigenvalue weighted by molar-refractivity contribution is 0.795. The quantitative estimate of drug-likeness (QED) is 0.417. The van der Waals surface area contributed by atoms with E-state index in [2.05, 4.69) is 33.9 Å². The summed E-state index contributed by atoms with van der Waals surface area (Å²) in [5.74, 6) is 0.529. The second-order valence-electron chi connectivity index (χ2n) is 6.53. The van der Waals surface area contributed by atoms with Gasteiger partial charge in [-0.3, -0.25) is 0 Å². The molecule has 2 aromatic carbocycles. The third kappa shape index (κ3) is 2.96. The lowest BCUT2D eigenvalue weighted by Gasteiger charge is -2.11. The first-order chi connectivity index (χ1) is 14.3. The predicted molar refractivity (Wildman–Crippen MR) is 113 cm³/mol. The summed E-state index contributed by atoms with van der Waals surface area (Å²) in [6.45, 7) is 4.01. The number of aromatic nitrogens is 5. The number of hydrogen-bond acceptors (Lipinski definition) is 6. The van der Waals surface area contributed by atoms with Gasteiger partial charge in [0.2, 0.25) is 0 Å². The molecule has 3 heterocycles. The van der Waals surface area contributed by atoms with Crippen molar-refractivity contribution in [3.8, 4) is 17.3 Å². The Balaban J connectivity index is 1.63. The summed E-state index contributed by atoms with van der Waals surface area (Å²) in [5.41, 5.74) is 6.74. The minimum absolute atomic E-state index is 0.162. The molecule has 3 aromatic heterocycles. The number of rotatable bonds is 4. The van der Waals surface area contributed by atoms with Crippen LogP contribution >= 0.6 is 11.3 Å². The SMILES string of the molecule is C=C[C@@H](c1ccc2ncsc2c1)c1nnc2ccc(-c3cccc(C#N)c3)nn12. The molecule has 0 bridgehead atoms. The van der Waals surface area contributed by atoms with Gasteiger partial charge in [0.1, 0.15) is 0 Å². The van der Waals surface area contributed by atoms with E-state index in [4.69, 9.17) is 5.10 Å². The average molecular weight is 394 g/mol. The zero-order chi connectivity index (χ0) is 19.8. The van der Waals surface area contributed by atoms with Crippen molar-refractivity contribution in [2.45, 2.75) is 5.92 Å². The van der Waals surface area contributed by atoms with Crippen molar-refractivity contribution < 1.29 is 0 Å². The van der Waals surface area contributed by atoms with Crippen molar-refractivity contribution in [2.75, 3.05) is 0 Å². The first kappa shape index (κ1) is 17.2. The number of fused-ring (bicyclic) bond motifs is 2. The van der Waals surface area contributed by atoms with E-state index in [0.717, 1.165) is 27.0 Å². The third-order valence-electron chi connectivity index (χ3n) is 4.80. The molecule has 0 amide bonds. The maximum absolute atomic E-state index is 9.17. The second-order valence-corrected chi connectivity index (χ2v) is 7.42. The predicted octanol–water partition coefficient (Wildman–Crippen LogP) is 4.59. The van der Waals surface area contributed by atoms with Crippen LogP contribution in [0.5, 0.6) is 0 Å². The van der Waals surface area contributed by atoms with Crippen LogP contribution < -0.4 is 0 Å². The smallest absolute Gasteiger partial charge is 0.177 e. The second kappa shape index (κ2) is 6.93. The van der Waals surface area contributed by atoms with E-state index in [1.807, 2.05) is 54.1 Å². The molecule has 5 aromatic rings. The Labute approximate surface area is 170 Å². The van der Waals surface area contributed by atoms with E-state index in [0.29, 0.717) is 17.0 Å². The van der Waals surface area contributed by atoms with Crippen LogP contribution in [0, 0.1) is 11.3 Å². The van der Waals surface area contributed by atoms with Gasteiger partial charge in [-0.05, 0) is 42.0 Å². The summed E-state index contributed by atoms with van der Waals surface area (Å²) >= 11 is 1.60. The molecular formula is C22H14N6S. The van der Waals surface area contributed by atoms with E-state index in [1.54, 1.807) is 21.9 Å². The van der Waals surface area contributed by atoms with Crippen LogP contribution in [-0.2, 0) is 0 Å². The highest BCUT2D eigenvalue weighted by Gasteiger charge is 2.19. The molecule has 7 heteroatoms. The van der Waals surface area contributed by atoms with Gasteiger partial charge in [-0.15, -0.1) is 28.1 Å². The monoisotopic (exact) mass is 394 g/mol. The Morgan fingerprint density at radius 2 is 2.03 bits per heavy atom. The van der Waals surface area contributed by atoms with Gasteiger partial charge in [0.15, 0.2) is 11.5 Å². The normalized spacial score (nSPS) is 12.1. The first-order valence-corrected chi connectivity index (χ1v) is 9.83. The largest absolute Gasteiger partial charge is 0.245 e. The number of allylic oxidation sites excluding steroid dienone is 1. The lowest BCUT2D eigenvalue weighted by atomic mass is 9.98. The summed E-state index contributed by atoms with van der Waals surface area (Å²) in [5, 5.41) is 22.6. The Hall–Kier alpha value is -3.89. The van der Waals surface area contributed by atoms with Crippen LogP contribution in [0.25, 0.3) is 27.1 Å². The van der Waals surface area contributed by atoms with Gasteiger partial charge in [-0.1, -0.05) is 24.3 Å². The summed E-state index contributed by atoms with van der Waals surface area (Å²) in [7, 11) is 0. The van der Waals surface area contributed by atoms with Crippen molar-refractivity contribution in [2.24, 2.45) is 0 Å². The lowest BCUT2D eigenvalue weighted by Crippen LogP contribution is -2.06. The molecule has 6 nitrogen and oxygen atoms in total. The molecule has 0 saturated carbocycles. The van der Waals surface area contributed by atoms with Crippen LogP contribution in [-0.4, -0.2) is 24.8 Å². The number of benzene rings is 2. The van der Waals surface area contributed by atoms with Gasteiger partial charge in [-0.25, -0.2) is 4.98 Å². The molecule has 29 heavy (non-hydrogen) atoms. The molecule has 0 fully saturated rings. The highest BCUT2D eigenvalue weighted by Crippen LogP contribution is 2.29. The summed E-state index contributed by atoms with van der Waals surface area (Å²) in [6, 6.07) is 19.5.